The molecule has 2 aliphatic heterocycles. The Hall–Kier alpha value is -2.50. The quantitative estimate of drug-likeness (QED) is 0.680. The van der Waals surface area contributed by atoms with E-state index in [-0.39, 0.29) is 16.9 Å². The number of phenolic OH excluding ortho intramolecular Hbond substituents is 2. The summed E-state index contributed by atoms with van der Waals surface area (Å²) in [7, 11) is 0. The molecule has 0 saturated carbocycles. The lowest BCUT2D eigenvalue weighted by molar-refractivity contribution is -0.151. The molecule has 1 aromatic rings. The molecule has 1 aromatic carbocycles. The van der Waals surface area contributed by atoms with E-state index in [2.05, 4.69) is 0 Å². The number of hydrogen-bond acceptors (Lipinski definition) is 6. The number of benzene rings is 1. The van der Waals surface area contributed by atoms with Crippen LogP contribution in [0.25, 0.3) is 0 Å². The summed E-state index contributed by atoms with van der Waals surface area (Å²) in [6.07, 6.45) is 1.02. The second-order valence-electron chi connectivity index (χ2n) is 4.42. The molecule has 6 heteroatoms. The number of carbonyl (C=O) groups is 2. The predicted molar refractivity (Wildman–Crippen MR) is 61.7 cm³/mol. The number of esters is 2. The van der Waals surface area contributed by atoms with E-state index in [9.17, 15) is 19.8 Å². The third-order valence-corrected chi connectivity index (χ3v) is 3.28. The molecule has 0 aromatic heterocycles. The van der Waals surface area contributed by atoms with Crippen molar-refractivity contribution >= 4 is 11.9 Å². The van der Waals surface area contributed by atoms with Gasteiger partial charge in [-0.3, -0.25) is 0 Å². The van der Waals surface area contributed by atoms with Gasteiger partial charge in [0.15, 0.2) is 12.2 Å². The van der Waals surface area contributed by atoms with Crippen LogP contribution in [0, 0.1) is 6.92 Å². The molecule has 0 saturated heterocycles. The van der Waals surface area contributed by atoms with Crippen molar-refractivity contribution < 1.29 is 29.3 Å². The summed E-state index contributed by atoms with van der Waals surface area (Å²) in [6.45, 7) is 1.58. The van der Waals surface area contributed by atoms with E-state index >= 15 is 0 Å². The number of fused-ring (bicyclic) bond motifs is 3. The molecule has 0 amide bonds. The van der Waals surface area contributed by atoms with Crippen molar-refractivity contribution in [3.05, 3.63) is 34.9 Å². The average molecular weight is 262 g/mol. The van der Waals surface area contributed by atoms with E-state index in [4.69, 9.17) is 9.47 Å². The van der Waals surface area contributed by atoms with Crippen molar-refractivity contribution in [2.45, 2.75) is 19.1 Å². The van der Waals surface area contributed by atoms with Gasteiger partial charge >= 0.3 is 11.9 Å². The van der Waals surface area contributed by atoms with Crippen LogP contribution in [0.5, 0.6) is 11.5 Å². The fourth-order valence-electron chi connectivity index (χ4n) is 2.36. The van der Waals surface area contributed by atoms with Crippen molar-refractivity contribution in [1.29, 1.82) is 0 Å². The highest BCUT2D eigenvalue weighted by molar-refractivity contribution is 5.97. The Morgan fingerprint density at radius 2 is 1.89 bits per heavy atom. The molecule has 3 rings (SSSR count). The van der Waals surface area contributed by atoms with Crippen molar-refractivity contribution in [3.8, 4) is 11.5 Å². The Morgan fingerprint density at radius 1 is 1.16 bits per heavy atom. The van der Waals surface area contributed by atoms with Crippen molar-refractivity contribution in [1.82, 2.24) is 0 Å². The van der Waals surface area contributed by atoms with Crippen LogP contribution in [0.4, 0.5) is 0 Å². The molecular formula is C13H10O6. The van der Waals surface area contributed by atoms with Gasteiger partial charge in [-0.15, -0.1) is 0 Å². The predicted octanol–water partition coefficient (Wildman–Crippen LogP) is 1.10. The lowest BCUT2D eigenvalue weighted by Crippen LogP contribution is -2.36. The maximum absolute atomic E-state index is 11.9. The molecule has 0 spiro atoms. The maximum atomic E-state index is 11.9. The summed E-state index contributed by atoms with van der Waals surface area (Å²) in [5.41, 5.74) is 0.596. The van der Waals surface area contributed by atoms with Crippen LogP contribution in [0.15, 0.2) is 18.2 Å². The van der Waals surface area contributed by atoms with E-state index in [1.807, 2.05) is 0 Å². The first kappa shape index (κ1) is 11.6. The SMILES string of the molecule is Cc1c(O)cc(O)c2c1[C@@H]1OC(=O)C=C[C@@H]1OC2=O. The van der Waals surface area contributed by atoms with E-state index in [1.165, 1.54) is 12.2 Å². The molecule has 0 radical (unpaired) electrons. The number of carbonyl (C=O) groups excluding carboxylic acids is 2. The summed E-state index contributed by atoms with van der Waals surface area (Å²) in [5, 5.41) is 19.5. The van der Waals surface area contributed by atoms with Gasteiger partial charge in [-0.1, -0.05) is 0 Å². The lowest BCUT2D eigenvalue weighted by Gasteiger charge is -2.34. The first-order chi connectivity index (χ1) is 8.99. The zero-order chi connectivity index (χ0) is 13.7. The second kappa shape index (κ2) is 3.74. The van der Waals surface area contributed by atoms with Gasteiger partial charge in [0.2, 0.25) is 0 Å². The molecule has 0 fully saturated rings. The third kappa shape index (κ3) is 1.56. The van der Waals surface area contributed by atoms with Gasteiger partial charge in [0.05, 0.1) is 0 Å². The first-order valence-electron chi connectivity index (χ1n) is 5.64. The van der Waals surface area contributed by atoms with E-state index in [0.717, 1.165) is 6.07 Å². The fraction of sp³-hybridized carbons (Fsp3) is 0.231. The minimum absolute atomic E-state index is 0.0698. The van der Waals surface area contributed by atoms with Crippen molar-refractivity contribution in [3.63, 3.8) is 0 Å². The number of ether oxygens (including phenoxy) is 2. The average Bonchev–Trinajstić information content (AvgIpc) is 2.35. The molecule has 0 bridgehead atoms. The van der Waals surface area contributed by atoms with E-state index in [1.54, 1.807) is 6.92 Å². The highest BCUT2D eigenvalue weighted by atomic mass is 16.6. The van der Waals surface area contributed by atoms with Crippen LogP contribution in [-0.4, -0.2) is 28.3 Å². The van der Waals surface area contributed by atoms with Gasteiger partial charge < -0.3 is 19.7 Å². The topological polar surface area (TPSA) is 93.1 Å². The normalized spacial score (nSPS) is 24.3. The van der Waals surface area contributed by atoms with Crippen LogP contribution in [0.3, 0.4) is 0 Å². The zero-order valence-electron chi connectivity index (χ0n) is 9.91. The van der Waals surface area contributed by atoms with E-state index in [0.29, 0.717) is 5.56 Å². The van der Waals surface area contributed by atoms with Gasteiger partial charge in [-0.25, -0.2) is 9.59 Å². The molecule has 0 aliphatic carbocycles. The molecule has 2 heterocycles. The van der Waals surface area contributed by atoms with Crippen molar-refractivity contribution in [2.24, 2.45) is 0 Å². The standard InChI is InChI=1S/C13H10O6/c1-5-6(14)4-7(15)11-10(5)12-8(18-13(11)17)2-3-9(16)19-12/h2-4,8,12,14-15H,1H3/t8-,12+/m0/s1. The Bertz CT molecular complexity index is 631. The minimum atomic E-state index is -0.844. The molecule has 19 heavy (non-hydrogen) atoms. The van der Waals surface area contributed by atoms with Gasteiger partial charge in [-0.2, -0.15) is 0 Å². The summed E-state index contributed by atoms with van der Waals surface area (Å²) >= 11 is 0. The summed E-state index contributed by atoms with van der Waals surface area (Å²) in [6, 6.07) is 1.07. The first-order valence-corrected chi connectivity index (χ1v) is 5.64. The summed E-state index contributed by atoms with van der Waals surface area (Å²) in [4.78, 5) is 23.2. The number of hydrogen-bond donors (Lipinski definition) is 2. The monoisotopic (exact) mass is 262 g/mol. The lowest BCUT2D eigenvalue weighted by atomic mass is 9.89. The van der Waals surface area contributed by atoms with Crippen LogP contribution < -0.4 is 0 Å². The van der Waals surface area contributed by atoms with Gasteiger partial charge in [0, 0.05) is 17.7 Å². The zero-order valence-corrected chi connectivity index (χ0v) is 9.91. The number of aromatic hydroxyl groups is 2. The third-order valence-electron chi connectivity index (χ3n) is 3.28. The maximum Gasteiger partial charge on any atom is 0.343 e. The van der Waals surface area contributed by atoms with Crippen LogP contribution in [-0.2, 0) is 14.3 Å². The fourth-order valence-corrected chi connectivity index (χ4v) is 2.36. The second-order valence-corrected chi connectivity index (χ2v) is 4.42. The molecule has 2 N–H and O–H groups in total. The highest BCUT2D eigenvalue weighted by Gasteiger charge is 2.42. The van der Waals surface area contributed by atoms with Crippen LogP contribution >= 0.6 is 0 Å². The number of phenols is 2. The molecule has 6 nitrogen and oxygen atoms in total. The van der Waals surface area contributed by atoms with Gasteiger partial charge in [0.25, 0.3) is 0 Å². The van der Waals surface area contributed by atoms with Crippen LogP contribution in [0.1, 0.15) is 27.6 Å². The van der Waals surface area contributed by atoms with E-state index < -0.39 is 29.9 Å². The Kier molecular flexibility index (Phi) is 2.28. The Balaban J connectivity index is 2.27. The number of rotatable bonds is 0. The minimum Gasteiger partial charge on any atom is -0.508 e. The molecule has 0 unspecified atom stereocenters. The Labute approximate surface area is 107 Å². The molecule has 2 atom stereocenters. The van der Waals surface area contributed by atoms with Gasteiger partial charge in [0.1, 0.15) is 17.1 Å². The highest BCUT2D eigenvalue weighted by Crippen LogP contribution is 2.43. The smallest absolute Gasteiger partial charge is 0.343 e. The molecule has 2 aliphatic rings. The molecule has 98 valence electrons. The summed E-state index contributed by atoms with van der Waals surface area (Å²) in [5.74, 6) is -1.84. The molecular weight excluding hydrogens is 252 g/mol. The Morgan fingerprint density at radius 3 is 2.63 bits per heavy atom. The van der Waals surface area contributed by atoms with Crippen molar-refractivity contribution in [2.75, 3.05) is 0 Å². The van der Waals surface area contributed by atoms with Crippen LogP contribution in [0.2, 0.25) is 0 Å². The largest absolute Gasteiger partial charge is 0.508 e. The summed E-state index contributed by atoms with van der Waals surface area (Å²) < 4.78 is 10.2. The van der Waals surface area contributed by atoms with Gasteiger partial charge in [-0.05, 0) is 18.6 Å².